The van der Waals surface area contributed by atoms with Crippen molar-refractivity contribution in [2.24, 2.45) is 0 Å². The third-order valence-corrected chi connectivity index (χ3v) is 1.29. The smallest absolute Gasteiger partial charge is 0.164 e. The minimum Gasteiger partial charge on any atom is -0.595 e. The van der Waals surface area contributed by atoms with Gasteiger partial charge in [0, 0.05) is 12.1 Å². The average molecular weight is 155 g/mol. The number of phenolic OH excluding ortho intramolecular Hbond substituents is 1. The highest BCUT2D eigenvalue weighted by molar-refractivity contribution is 5.34. The molecule has 0 heterocycles. The molecule has 0 radical (unpaired) electrons. The lowest BCUT2D eigenvalue weighted by atomic mass is 10.3. The molecule has 1 aromatic carbocycles. The Kier molecular flexibility index (Phi) is 2.43. The van der Waals surface area contributed by atoms with E-state index in [0.717, 1.165) is 0 Å². The Morgan fingerprint density at radius 2 is 1.91 bits per heavy atom. The van der Waals surface area contributed by atoms with Crippen LogP contribution in [0.2, 0.25) is 0 Å². The number of rotatable bonds is 2. The third-order valence-electron chi connectivity index (χ3n) is 1.29. The predicted octanol–water partition coefficient (Wildman–Crippen LogP) is -0.0322. The first-order chi connectivity index (χ1) is 5.24. The monoisotopic (exact) mass is 155 g/mol. The number of aromatic hydroxyl groups is 1. The molecule has 0 aliphatic carbocycles. The Labute approximate surface area is 64.2 Å². The van der Waals surface area contributed by atoms with Crippen LogP contribution < -0.4 is 5.23 Å². The topological polar surface area (TPSA) is 57.0 Å². The van der Waals surface area contributed by atoms with Crippen LogP contribution >= 0.6 is 0 Å². The zero-order chi connectivity index (χ0) is 8.27. The van der Waals surface area contributed by atoms with E-state index in [9.17, 15) is 5.21 Å². The molecule has 0 aliphatic rings. The molecule has 0 aliphatic heterocycles. The molecule has 0 amide bonds. The van der Waals surface area contributed by atoms with E-state index in [0.29, 0.717) is 5.69 Å². The number of quaternary nitrogens is 1. The fraction of sp³-hybridized carbons (Fsp3) is 0.143. The fourth-order valence-electron chi connectivity index (χ4n) is 0.715. The molecule has 0 bridgehead atoms. The Morgan fingerprint density at radius 1 is 1.36 bits per heavy atom. The highest BCUT2D eigenvalue weighted by Crippen LogP contribution is 2.09. The van der Waals surface area contributed by atoms with E-state index in [1.807, 2.05) is 0 Å². The molecule has 1 aromatic rings. The first kappa shape index (κ1) is 8.00. The van der Waals surface area contributed by atoms with Crippen molar-refractivity contribution in [1.82, 2.24) is 0 Å². The summed E-state index contributed by atoms with van der Waals surface area (Å²) in [5.74, 6) is 0.137. The summed E-state index contributed by atoms with van der Waals surface area (Å²) in [4.78, 5) is 4.46. The molecule has 4 nitrogen and oxygen atoms in total. The quantitative estimate of drug-likeness (QED) is 0.465. The van der Waals surface area contributed by atoms with Crippen molar-refractivity contribution in [3.8, 4) is 5.75 Å². The molecule has 11 heavy (non-hydrogen) atoms. The van der Waals surface area contributed by atoms with Crippen LogP contribution in [0.5, 0.6) is 5.75 Å². The van der Waals surface area contributed by atoms with E-state index >= 15 is 0 Å². The van der Waals surface area contributed by atoms with E-state index < -0.39 is 5.23 Å². The zero-order valence-electron chi connectivity index (χ0n) is 6.07. The number of hydrogen-bond donors (Lipinski definition) is 2. The van der Waals surface area contributed by atoms with Crippen LogP contribution in [0, 0.1) is 5.21 Å². The normalized spacial score (nSPS) is 12.9. The number of hydrogen-bond acceptors (Lipinski definition) is 3. The number of benzene rings is 1. The summed E-state index contributed by atoms with van der Waals surface area (Å²) < 4.78 is 0. The second-order valence-corrected chi connectivity index (χ2v) is 2.04. The molecule has 0 saturated heterocycles. The average Bonchev–Trinajstić information content (AvgIpc) is 2.05. The first-order valence-electron chi connectivity index (χ1n) is 3.11. The van der Waals surface area contributed by atoms with Gasteiger partial charge in [-0.1, -0.05) is 0 Å². The maximum Gasteiger partial charge on any atom is 0.164 e. The maximum absolute atomic E-state index is 10.8. The zero-order valence-corrected chi connectivity index (χ0v) is 6.07. The van der Waals surface area contributed by atoms with Gasteiger partial charge in [-0.25, -0.2) is 4.84 Å². The van der Waals surface area contributed by atoms with Crippen LogP contribution in [0.15, 0.2) is 24.3 Å². The van der Waals surface area contributed by atoms with Crippen molar-refractivity contribution in [3.05, 3.63) is 29.5 Å². The maximum atomic E-state index is 10.8. The second-order valence-electron chi connectivity index (χ2n) is 2.04. The summed E-state index contributed by atoms with van der Waals surface area (Å²) in [5.41, 5.74) is 0.435. The molecule has 0 saturated carbocycles. The Bertz CT molecular complexity index is 222. The summed E-state index contributed by atoms with van der Waals surface area (Å²) in [6.45, 7) is 0. The summed E-state index contributed by atoms with van der Waals surface area (Å²) in [6.07, 6.45) is 0. The number of nitrogens with one attached hydrogen (secondary N) is 1. The lowest BCUT2D eigenvalue weighted by Crippen LogP contribution is -3.00. The molecule has 1 unspecified atom stereocenters. The van der Waals surface area contributed by atoms with Crippen LogP contribution in [0.1, 0.15) is 0 Å². The third kappa shape index (κ3) is 1.91. The van der Waals surface area contributed by atoms with Crippen molar-refractivity contribution in [3.63, 3.8) is 0 Å². The van der Waals surface area contributed by atoms with Gasteiger partial charge < -0.3 is 10.3 Å². The highest BCUT2D eigenvalue weighted by Gasteiger charge is 1.99. The Morgan fingerprint density at radius 3 is 2.36 bits per heavy atom. The summed E-state index contributed by atoms with van der Waals surface area (Å²) in [6, 6.07) is 5.88. The van der Waals surface area contributed by atoms with Gasteiger partial charge in [0.1, 0.15) is 5.75 Å². The molecule has 2 N–H and O–H groups in total. The molecule has 1 atom stereocenters. The lowest BCUT2D eigenvalue weighted by Gasteiger charge is -2.15. The van der Waals surface area contributed by atoms with E-state index in [-0.39, 0.29) is 5.75 Å². The minimum atomic E-state index is -0.398. The van der Waals surface area contributed by atoms with Gasteiger partial charge in [0.15, 0.2) is 5.69 Å². The van der Waals surface area contributed by atoms with Crippen molar-refractivity contribution in [2.45, 2.75) is 0 Å². The van der Waals surface area contributed by atoms with Gasteiger partial charge in [0.25, 0.3) is 0 Å². The molecule has 0 aromatic heterocycles. The van der Waals surface area contributed by atoms with Gasteiger partial charge in [0.2, 0.25) is 0 Å². The number of phenols is 1. The van der Waals surface area contributed by atoms with E-state index in [2.05, 4.69) is 4.84 Å². The summed E-state index contributed by atoms with van der Waals surface area (Å²) in [7, 11) is 1.31. The van der Waals surface area contributed by atoms with E-state index in [4.69, 9.17) is 5.11 Å². The van der Waals surface area contributed by atoms with Crippen LogP contribution in [0.4, 0.5) is 5.69 Å². The van der Waals surface area contributed by atoms with Gasteiger partial charge >= 0.3 is 0 Å². The van der Waals surface area contributed by atoms with Crippen molar-refractivity contribution in [1.29, 1.82) is 0 Å². The van der Waals surface area contributed by atoms with Gasteiger partial charge in [-0.15, -0.1) is 0 Å². The highest BCUT2D eigenvalue weighted by atomic mass is 16.9. The van der Waals surface area contributed by atoms with Crippen molar-refractivity contribution >= 4 is 5.69 Å². The van der Waals surface area contributed by atoms with Gasteiger partial charge in [-0.05, 0) is 12.1 Å². The summed E-state index contributed by atoms with van der Waals surface area (Å²) >= 11 is 0. The van der Waals surface area contributed by atoms with E-state index in [1.165, 1.54) is 31.4 Å². The van der Waals surface area contributed by atoms with Crippen LogP contribution in [0.25, 0.3) is 0 Å². The first-order valence-corrected chi connectivity index (χ1v) is 3.11. The molecular formula is C7H9NO3. The largest absolute Gasteiger partial charge is 0.595 e. The molecule has 0 spiro atoms. The van der Waals surface area contributed by atoms with Crippen LogP contribution in [0.3, 0.4) is 0 Å². The molecule has 1 rings (SSSR count). The Balaban J connectivity index is 2.81. The van der Waals surface area contributed by atoms with Gasteiger partial charge in [-0.2, -0.15) is 5.23 Å². The van der Waals surface area contributed by atoms with Crippen LogP contribution in [-0.2, 0) is 4.84 Å². The van der Waals surface area contributed by atoms with Crippen LogP contribution in [-0.4, -0.2) is 12.2 Å². The Hall–Kier alpha value is -1.10. The van der Waals surface area contributed by atoms with E-state index in [1.54, 1.807) is 0 Å². The SMILES string of the molecule is CO[NH+]([O-])c1ccc(O)cc1. The molecule has 0 fully saturated rings. The second kappa shape index (κ2) is 3.34. The molecule has 4 heteroatoms. The minimum absolute atomic E-state index is 0.137. The molecular weight excluding hydrogens is 146 g/mol. The van der Waals surface area contributed by atoms with Crippen molar-refractivity contribution in [2.75, 3.05) is 7.11 Å². The summed E-state index contributed by atoms with van der Waals surface area (Å²) in [5, 5.41) is 19.3. The molecule has 60 valence electrons. The standard InChI is InChI=1S/C7H9NO3/c1-11-8(10)6-2-4-7(9)5-3-6/h2-5,8-9H,1H3. The lowest BCUT2D eigenvalue weighted by molar-refractivity contribution is -0.992. The van der Waals surface area contributed by atoms with Crippen molar-refractivity contribution < 1.29 is 15.2 Å². The van der Waals surface area contributed by atoms with Gasteiger partial charge in [0.05, 0.1) is 7.11 Å². The fourth-order valence-corrected chi connectivity index (χ4v) is 0.715. The predicted molar refractivity (Wildman–Crippen MR) is 39.1 cm³/mol. The van der Waals surface area contributed by atoms with Gasteiger partial charge in [-0.3, -0.25) is 0 Å².